The summed E-state index contributed by atoms with van der Waals surface area (Å²) in [5.74, 6) is -0.510. The zero-order valence-electron chi connectivity index (χ0n) is 15.1. The maximum atomic E-state index is 13.3. The van der Waals surface area contributed by atoms with E-state index in [0.717, 1.165) is 6.07 Å². The molecule has 3 aromatic carbocycles. The van der Waals surface area contributed by atoms with Crippen LogP contribution in [-0.4, -0.2) is 21.1 Å². The normalized spacial score (nSPS) is 10.7. The van der Waals surface area contributed by atoms with Gasteiger partial charge in [0.05, 0.1) is 4.47 Å². The Morgan fingerprint density at radius 2 is 1.97 bits per heavy atom. The molecule has 150 valence electrons. The number of halogens is 2. The van der Waals surface area contributed by atoms with Gasteiger partial charge in [0, 0.05) is 16.8 Å². The number of nitrogens with one attached hydrogen (secondary N) is 2. The second-order valence-corrected chi connectivity index (χ2v) is 7.55. The third-order valence-electron chi connectivity index (χ3n) is 4.15. The van der Waals surface area contributed by atoms with E-state index in [1.807, 2.05) is 0 Å². The molecule has 0 bridgehead atoms. The molecule has 6 nitrogen and oxygen atoms in total. The Morgan fingerprint density at radius 1 is 1.13 bits per heavy atom. The fourth-order valence-electron chi connectivity index (χ4n) is 2.74. The summed E-state index contributed by atoms with van der Waals surface area (Å²) in [6.45, 7) is 0. The van der Waals surface area contributed by atoms with E-state index in [4.69, 9.17) is 16.6 Å². The molecule has 3 N–H and O–H groups in total. The molecule has 9 heteroatoms. The molecule has 0 unspecified atom stereocenters. The van der Waals surface area contributed by atoms with Crippen molar-refractivity contribution < 1.29 is 18.7 Å². The monoisotopic (exact) mass is 485 g/mol. The van der Waals surface area contributed by atoms with E-state index in [2.05, 4.69) is 31.5 Å². The SMILES string of the molecule is O=C(NC(=S)Nc1ccc2oc(-c3ccc(O)c(Br)c3)nc2c1)c1cccc(F)c1. The largest absolute Gasteiger partial charge is 0.507 e. The zero-order valence-corrected chi connectivity index (χ0v) is 17.6. The fourth-order valence-corrected chi connectivity index (χ4v) is 3.33. The number of phenols is 1. The predicted molar refractivity (Wildman–Crippen MR) is 119 cm³/mol. The highest BCUT2D eigenvalue weighted by Gasteiger charge is 2.12. The molecule has 0 saturated carbocycles. The number of rotatable bonds is 3. The molecule has 1 amide bonds. The number of aromatic hydroxyl groups is 1. The second-order valence-electron chi connectivity index (χ2n) is 6.29. The number of benzene rings is 3. The molecule has 0 fully saturated rings. The van der Waals surface area contributed by atoms with E-state index in [1.165, 1.54) is 18.2 Å². The van der Waals surface area contributed by atoms with Crippen LogP contribution < -0.4 is 10.6 Å². The van der Waals surface area contributed by atoms with Crippen molar-refractivity contribution in [3.8, 4) is 17.2 Å². The zero-order chi connectivity index (χ0) is 21.3. The van der Waals surface area contributed by atoms with Crippen molar-refractivity contribution in [1.82, 2.24) is 10.3 Å². The number of amides is 1. The number of phenolic OH excluding ortho intramolecular Hbond substituents is 1. The lowest BCUT2D eigenvalue weighted by Crippen LogP contribution is -2.34. The van der Waals surface area contributed by atoms with Crippen LogP contribution in [0.3, 0.4) is 0 Å². The lowest BCUT2D eigenvalue weighted by atomic mass is 10.2. The van der Waals surface area contributed by atoms with Gasteiger partial charge in [-0.1, -0.05) is 6.07 Å². The summed E-state index contributed by atoms with van der Waals surface area (Å²) in [5, 5.41) is 15.1. The summed E-state index contributed by atoms with van der Waals surface area (Å²) in [7, 11) is 0. The highest BCUT2D eigenvalue weighted by atomic mass is 79.9. The van der Waals surface area contributed by atoms with E-state index >= 15 is 0 Å². The molecule has 1 aromatic heterocycles. The first-order valence-electron chi connectivity index (χ1n) is 8.66. The van der Waals surface area contributed by atoms with Crippen molar-refractivity contribution in [1.29, 1.82) is 0 Å². The number of nitrogens with zero attached hydrogens (tertiary/aromatic N) is 1. The molecule has 0 aliphatic carbocycles. The van der Waals surface area contributed by atoms with E-state index in [0.29, 0.717) is 32.7 Å². The minimum Gasteiger partial charge on any atom is -0.507 e. The van der Waals surface area contributed by atoms with Crippen molar-refractivity contribution in [2.75, 3.05) is 5.32 Å². The number of aromatic nitrogens is 1. The van der Waals surface area contributed by atoms with E-state index in [1.54, 1.807) is 36.4 Å². The Kier molecular flexibility index (Phi) is 5.47. The van der Waals surface area contributed by atoms with Gasteiger partial charge in [0.15, 0.2) is 10.7 Å². The van der Waals surface area contributed by atoms with Gasteiger partial charge in [-0.3, -0.25) is 10.1 Å². The predicted octanol–water partition coefficient (Wildman–Crippen LogP) is 5.23. The first-order valence-corrected chi connectivity index (χ1v) is 9.86. The van der Waals surface area contributed by atoms with Crippen molar-refractivity contribution >= 4 is 56.0 Å². The van der Waals surface area contributed by atoms with Crippen LogP contribution >= 0.6 is 28.1 Å². The molecule has 0 spiro atoms. The Bertz CT molecular complexity index is 1290. The number of hydrogen-bond acceptors (Lipinski definition) is 5. The quantitative estimate of drug-likeness (QED) is 0.344. The molecular formula is C21H13BrFN3O3S. The van der Waals surface area contributed by atoms with Gasteiger partial charge in [-0.05, 0) is 82.7 Å². The molecule has 4 aromatic rings. The Morgan fingerprint density at radius 3 is 2.73 bits per heavy atom. The molecule has 1 heterocycles. The van der Waals surface area contributed by atoms with E-state index in [9.17, 15) is 14.3 Å². The Labute approximate surface area is 183 Å². The third kappa shape index (κ3) is 4.32. The number of hydrogen-bond donors (Lipinski definition) is 3. The van der Waals surface area contributed by atoms with E-state index in [-0.39, 0.29) is 16.4 Å². The smallest absolute Gasteiger partial charge is 0.257 e. The maximum absolute atomic E-state index is 13.3. The van der Waals surface area contributed by atoms with Gasteiger partial charge in [0.2, 0.25) is 5.89 Å². The van der Waals surface area contributed by atoms with Gasteiger partial charge in [-0.15, -0.1) is 0 Å². The Balaban J connectivity index is 1.50. The van der Waals surface area contributed by atoms with Crippen LogP contribution in [0.25, 0.3) is 22.6 Å². The lowest BCUT2D eigenvalue weighted by molar-refractivity contribution is 0.0977. The Hall–Kier alpha value is -3.30. The standard InChI is InChI=1S/C21H13BrFN3O3S/c22-15-9-12(4-6-17(15)27)20-25-16-10-14(5-7-18(16)29-20)24-21(30)26-19(28)11-2-1-3-13(23)8-11/h1-10,27H,(H2,24,26,28,30). The average molecular weight is 486 g/mol. The first-order chi connectivity index (χ1) is 14.4. The van der Waals surface area contributed by atoms with Gasteiger partial charge in [-0.25, -0.2) is 9.37 Å². The summed E-state index contributed by atoms with van der Waals surface area (Å²) in [5.41, 5.74) is 2.60. The maximum Gasteiger partial charge on any atom is 0.257 e. The number of carbonyl (C=O) groups excluding carboxylic acids is 1. The summed E-state index contributed by atoms with van der Waals surface area (Å²) in [4.78, 5) is 16.6. The van der Waals surface area contributed by atoms with Gasteiger partial charge in [-0.2, -0.15) is 0 Å². The van der Waals surface area contributed by atoms with Gasteiger partial charge in [0.1, 0.15) is 17.1 Å². The van der Waals surface area contributed by atoms with Crippen molar-refractivity contribution in [2.24, 2.45) is 0 Å². The van der Waals surface area contributed by atoms with Gasteiger partial charge in [0.25, 0.3) is 5.91 Å². The third-order valence-corrected chi connectivity index (χ3v) is 4.99. The summed E-state index contributed by atoms with van der Waals surface area (Å²) < 4.78 is 19.6. The van der Waals surface area contributed by atoms with Gasteiger partial charge < -0.3 is 14.8 Å². The number of oxazole rings is 1. The molecule has 0 aliphatic rings. The van der Waals surface area contributed by atoms with Crippen LogP contribution in [-0.2, 0) is 0 Å². The number of anilines is 1. The average Bonchev–Trinajstić information content (AvgIpc) is 3.13. The van der Waals surface area contributed by atoms with Crippen LogP contribution in [0.4, 0.5) is 10.1 Å². The topological polar surface area (TPSA) is 87.4 Å². The highest BCUT2D eigenvalue weighted by Crippen LogP contribution is 2.31. The first kappa shape index (κ1) is 20.0. The van der Waals surface area contributed by atoms with Crippen LogP contribution in [0.1, 0.15) is 10.4 Å². The molecule has 0 saturated heterocycles. The summed E-state index contributed by atoms with van der Waals surface area (Å²) in [6.07, 6.45) is 0. The van der Waals surface area contributed by atoms with Crippen LogP contribution in [0.5, 0.6) is 5.75 Å². The minimum absolute atomic E-state index is 0.0646. The van der Waals surface area contributed by atoms with Crippen molar-refractivity contribution in [3.63, 3.8) is 0 Å². The summed E-state index contributed by atoms with van der Waals surface area (Å²) in [6, 6.07) is 15.4. The van der Waals surface area contributed by atoms with Crippen LogP contribution in [0, 0.1) is 5.82 Å². The summed E-state index contributed by atoms with van der Waals surface area (Å²) >= 11 is 8.43. The number of thiocarbonyl (C=S) groups is 1. The second kappa shape index (κ2) is 8.21. The lowest BCUT2D eigenvalue weighted by Gasteiger charge is -2.09. The molecule has 0 aliphatic heterocycles. The fraction of sp³-hybridized carbons (Fsp3) is 0. The van der Waals surface area contributed by atoms with Crippen LogP contribution in [0.15, 0.2) is 69.6 Å². The van der Waals surface area contributed by atoms with Crippen LogP contribution in [0.2, 0.25) is 0 Å². The highest BCUT2D eigenvalue weighted by molar-refractivity contribution is 9.10. The van der Waals surface area contributed by atoms with Crippen molar-refractivity contribution in [2.45, 2.75) is 0 Å². The van der Waals surface area contributed by atoms with Gasteiger partial charge >= 0.3 is 0 Å². The van der Waals surface area contributed by atoms with Crippen molar-refractivity contribution in [3.05, 3.63) is 76.5 Å². The number of carbonyl (C=O) groups is 1. The molecular weight excluding hydrogens is 473 g/mol. The van der Waals surface area contributed by atoms with E-state index < -0.39 is 11.7 Å². The molecule has 4 rings (SSSR count). The minimum atomic E-state index is -0.519. The molecule has 0 atom stereocenters. The molecule has 0 radical (unpaired) electrons. The molecule has 30 heavy (non-hydrogen) atoms. The number of fused-ring (bicyclic) bond motifs is 1.